The van der Waals surface area contributed by atoms with Gasteiger partial charge in [0.15, 0.2) is 0 Å². The lowest BCUT2D eigenvalue weighted by Gasteiger charge is -2.06. The second-order valence-electron chi connectivity index (χ2n) is 4.19. The van der Waals surface area contributed by atoms with Gasteiger partial charge in [-0.15, -0.1) is 0 Å². The Morgan fingerprint density at radius 1 is 1.16 bits per heavy atom. The summed E-state index contributed by atoms with van der Waals surface area (Å²) >= 11 is 0. The Morgan fingerprint density at radius 2 is 1.84 bits per heavy atom. The number of rotatable bonds is 5. The Kier molecular flexibility index (Phi) is 5.79. The van der Waals surface area contributed by atoms with Gasteiger partial charge < -0.3 is 9.47 Å². The lowest BCUT2D eigenvalue weighted by molar-refractivity contribution is -0.138. The molecule has 1 rings (SSSR count). The number of aryl methyl sites for hydroxylation is 2. The maximum Gasteiger partial charge on any atom is 0.336 e. The highest BCUT2D eigenvalue weighted by molar-refractivity contribution is 5.92. The lowest BCUT2D eigenvalue weighted by Crippen LogP contribution is -2.07. The van der Waals surface area contributed by atoms with Gasteiger partial charge >= 0.3 is 11.9 Å². The van der Waals surface area contributed by atoms with E-state index < -0.39 is 11.9 Å². The van der Waals surface area contributed by atoms with Crippen molar-refractivity contribution in [2.24, 2.45) is 0 Å². The summed E-state index contributed by atoms with van der Waals surface area (Å²) in [4.78, 5) is 22.7. The van der Waals surface area contributed by atoms with E-state index in [4.69, 9.17) is 9.47 Å². The minimum Gasteiger partial charge on any atom is -0.463 e. The van der Waals surface area contributed by atoms with E-state index in [2.05, 4.69) is 0 Å². The van der Waals surface area contributed by atoms with Gasteiger partial charge in [-0.1, -0.05) is 19.1 Å². The molecule has 0 fully saturated rings. The normalized spacial score (nSPS) is 10.5. The third-order valence-corrected chi connectivity index (χ3v) is 2.36. The highest BCUT2D eigenvalue weighted by Gasteiger charge is 2.05. The van der Waals surface area contributed by atoms with E-state index in [0.29, 0.717) is 12.4 Å². The molecule has 0 atom stereocenters. The second-order valence-corrected chi connectivity index (χ2v) is 4.19. The van der Waals surface area contributed by atoms with E-state index in [0.717, 1.165) is 29.7 Å². The van der Waals surface area contributed by atoms with Crippen LogP contribution in [0.3, 0.4) is 0 Å². The van der Waals surface area contributed by atoms with Crippen molar-refractivity contribution >= 4 is 11.9 Å². The zero-order valence-electron chi connectivity index (χ0n) is 11.4. The summed E-state index contributed by atoms with van der Waals surface area (Å²) in [6, 6.07) is 5.58. The van der Waals surface area contributed by atoms with Crippen molar-refractivity contribution in [2.45, 2.75) is 27.2 Å². The second kappa shape index (κ2) is 7.36. The molecule has 0 aliphatic heterocycles. The van der Waals surface area contributed by atoms with Crippen LogP contribution in [0.5, 0.6) is 5.75 Å². The molecule has 0 aliphatic carbocycles. The van der Waals surface area contributed by atoms with Crippen LogP contribution in [0.15, 0.2) is 30.4 Å². The minimum atomic E-state index is -0.595. The van der Waals surface area contributed by atoms with Crippen LogP contribution in [0.4, 0.5) is 0 Å². The van der Waals surface area contributed by atoms with Gasteiger partial charge in [0.2, 0.25) is 0 Å². The maximum atomic E-state index is 11.5. The van der Waals surface area contributed by atoms with E-state index in [1.165, 1.54) is 0 Å². The van der Waals surface area contributed by atoms with Gasteiger partial charge in [-0.3, -0.25) is 0 Å². The molecule has 0 spiro atoms. The van der Waals surface area contributed by atoms with E-state index in [9.17, 15) is 9.59 Å². The molecule has 0 bridgehead atoms. The molecule has 4 heteroatoms. The van der Waals surface area contributed by atoms with Gasteiger partial charge in [0.25, 0.3) is 0 Å². The van der Waals surface area contributed by atoms with Crippen LogP contribution in [-0.2, 0) is 14.3 Å². The summed E-state index contributed by atoms with van der Waals surface area (Å²) in [6.45, 7) is 6.00. The molecule has 0 amide bonds. The van der Waals surface area contributed by atoms with E-state index in [1.807, 2.05) is 32.9 Å². The molecule has 4 nitrogen and oxygen atoms in total. The van der Waals surface area contributed by atoms with Crippen LogP contribution >= 0.6 is 0 Å². The summed E-state index contributed by atoms with van der Waals surface area (Å²) in [5.74, 6) is -0.640. The van der Waals surface area contributed by atoms with Crippen molar-refractivity contribution < 1.29 is 19.1 Å². The summed E-state index contributed by atoms with van der Waals surface area (Å²) in [5.41, 5.74) is 1.86. The monoisotopic (exact) mass is 262 g/mol. The van der Waals surface area contributed by atoms with Crippen LogP contribution in [0.1, 0.15) is 24.5 Å². The summed E-state index contributed by atoms with van der Waals surface area (Å²) in [7, 11) is 0. The first-order valence-electron chi connectivity index (χ1n) is 6.17. The van der Waals surface area contributed by atoms with Crippen molar-refractivity contribution in [3.05, 3.63) is 41.5 Å². The number of carbonyl (C=O) groups is 2. The molecule has 102 valence electrons. The first kappa shape index (κ1) is 15.0. The number of hydrogen-bond donors (Lipinski definition) is 0. The molecule has 0 unspecified atom stereocenters. The fraction of sp³-hybridized carbons (Fsp3) is 0.333. The molecule has 19 heavy (non-hydrogen) atoms. The number of benzene rings is 1. The van der Waals surface area contributed by atoms with Crippen LogP contribution in [-0.4, -0.2) is 18.5 Å². The Labute approximate surface area is 113 Å². The first-order valence-corrected chi connectivity index (χ1v) is 6.17. The average Bonchev–Trinajstić information content (AvgIpc) is 2.38. The Morgan fingerprint density at radius 3 is 2.53 bits per heavy atom. The summed E-state index contributed by atoms with van der Waals surface area (Å²) in [6.07, 6.45) is 2.88. The maximum absolute atomic E-state index is 11.5. The predicted octanol–water partition coefficient (Wildman–Crippen LogP) is 2.72. The van der Waals surface area contributed by atoms with Gasteiger partial charge in [-0.2, -0.15) is 0 Å². The van der Waals surface area contributed by atoms with Gasteiger partial charge in [-0.05, 0) is 37.5 Å². The number of carbonyl (C=O) groups excluding carboxylic acids is 2. The fourth-order valence-corrected chi connectivity index (χ4v) is 1.35. The van der Waals surface area contributed by atoms with Crippen molar-refractivity contribution in [1.82, 2.24) is 0 Å². The minimum absolute atomic E-state index is 0.342. The zero-order valence-corrected chi connectivity index (χ0v) is 11.4. The molecule has 0 saturated carbocycles. The third-order valence-electron chi connectivity index (χ3n) is 2.36. The molecular weight excluding hydrogens is 244 g/mol. The highest BCUT2D eigenvalue weighted by atomic mass is 16.5. The van der Waals surface area contributed by atoms with Crippen LogP contribution in [0, 0.1) is 13.8 Å². The Balaban J connectivity index is 2.58. The van der Waals surface area contributed by atoms with Crippen LogP contribution in [0.2, 0.25) is 0 Å². The molecule has 0 saturated heterocycles. The van der Waals surface area contributed by atoms with Crippen LogP contribution < -0.4 is 4.74 Å². The van der Waals surface area contributed by atoms with Crippen LogP contribution in [0.25, 0.3) is 0 Å². The summed E-state index contributed by atoms with van der Waals surface area (Å²) in [5, 5.41) is 0. The van der Waals surface area contributed by atoms with Crippen molar-refractivity contribution in [3.63, 3.8) is 0 Å². The highest BCUT2D eigenvalue weighted by Crippen LogP contribution is 2.19. The van der Waals surface area contributed by atoms with Crippen molar-refractivity contribution in [3.8, 4) is 5.75 Å². The van der Waals surface area contributed by atoms with E-state index in [-0.39, 0.29) is 0 Å². The molecular formula is C15H18O4. The lowest BCUT2D eigenvalue weighted by atomic mass is 10.1. The van der Waals surface area contributed by atoms with E-state index in [1.54, 1.807) is 6.07 Å². The standard InChI is InChI=1S/C15H18O4/c1-4-9-18-14(16)7-8-15(17)19-13-10-11(2)5-6-12(13)3/h5-8,10H,4,9H2,1-3H3/b8-7+. The Bertz CT molecular complexity index is 489. The molecule has 0 heterocycles. The molecule has 1 aromatic carbocycles. The predicted molar refractivity (Wildman–Crippen MR) is 71.9 cm³/mol. The molecule has 1 aromatic rings. The zero-order chi connectivity index (χ0) is 14.3. The fourth-order valence-electron chi connectivity index (χ4n) is 1.35. The number of hydrogen-bond acceptors (Lipinski definition) is 4. The molecule has 0 aromatic heterocycles. The quantitative estimate of drug-likeness (QED) is 0.465. The van der Waals surface area contributed by atoms with Gasteiger partial charge in [0, 0.05) is 12.2 Å². The topological polar surface area (TPSA) is 52.6 Å². The average molecular weight is 262 g/mol. The molecule has 0 N–H and O–H groups in total. The van der Waals surface area contributed by atoms with E-state index >= 15 is 0 Å². The Hall–Kier alpha value is -2.10. The first-order chi connectivity index (χ1) is 9.02. The van der Waals surface area contributed by atoms with Crippen molar-refractivity contribution in [1.29, 1.82) is 0 Å². The molecule has 0 aliphatic rings. The van der Waals surface area contributed by atoms with Crippen molar-refractivity contribution in [2.75, 3.05) is 6.61 Å². The summed E-state index contributed by atoms with van der Waals surface area (Å²) < 4.78 is 9.95. The smallest absolute Gasteiger partial charge is 0.336 e. The van der Waals surface area contributed by atoms with Gasteiger partial charge in [0.05, 0.1) is 6.61 Å². The number of ether oxygens (including phenoxy) is 2. The molecule has 0 radical (unpaired) electrons. The number of esters is 2. The third kappa shape index (κ3) is 5.38. The SMILES string of the molecule is CCCOC(=O)/C=C/C(=O)Oc1cc(C)ccc1C. The van der Waals surface area contributed by atoms with Gasteiger partial charge in [-0.25, -0.2) is 9.59 Å². The van der Waals surface area contributed by atoms with Gasteiger partial charge in [0.1, 0.15) is 5.75 Å². The largest absolute Gasteiger partial charge is 0.463 e.